The summed E-state index contributed by atoms with van der Waals surface area (Å²) in [5.74, 6) is 0. The van der Waals surface area contributed by atoms with E-state index in [1.54, 1.807) is 0 Å². The van der Waals surface area contributed by atoms with Gasteiger partial charge in [-0.1, -0.05) is 18.2 Å². The molecule has 1 N–H and O–H groups in total. The summed E-state index contributed by atoms with van der Waals surface area (Å²) in [5.41, 5.74) is 5.25. The van der Waals surface area contributed by atoms with Crippen LogP contribution in [-0.2, 0) is 6.42 Å². The third-order valence-corrected chi connectivity index (χ3v) is 3.07. The molecule has 1 aliphatic heterocycles. The highest BCUT2D eigenvalue weighted by Gasteiger charge is 2.13. The number of fused-ring (bicyclic) bond motifs is 1. The predicted molar refractivity (Wildman–Crippen MR) is 66.5 cm³/mol. The van der Waals surface area contributed by atoms with Crippen LogP contribution in [0.5, 0.6) is 0 Å². The molecule has 0 aliphatic carbocycles. The Morgan fingerprint density at radius 3 is 3.00 bits per heavy atom. The number of aromatic nitrogens is 1. The minimum Gasteiger partial charge on any atom is -0.385 e. The predicted octanol–water partition coefficient (Wildman–Crippen LogP) is 3.11. The molecule has 16 heavy (non-hydrogen) atoms. The van der Waals surface area contributed by atoms with Gasteiger partial charge >= 0.3 is 0 Å². The fourth-order valence-corrected chi connectivity index (χ4v) is 2.30. The molecule has 0 atom stereocenters. The fraction of sp³-hybridized carbons (Fsp3) is 0.214. The topological polar surface area (TPSA) is 24.9 Å². The Kier molecular flexibility index (Phi) is 2.33. The number of nitrogens with zero attached hydrogens (tertiary/aromatic N) is 1. The number of pyridine rings is 1. The lowest BCUT2D eigenvalue weighted by Crippen LogP contribution is -2.12. The van der Waals surface area contributed by atoms with Gasteiger partial charge in [0.1, 0.15) is 0 Å². The first kappa shape index (κ1) is 9.40. The van der Waals surface area contributed by atoms with Crippen LogP contribution in [0.2, 0.25) is 0 Å². The summed E-state index contributed by atoms with van der Waals surface area (Å²) in [6.45, 7) is 1.09. The third-order valence-electron chi connectivity index (χ3n) is 3.07. The van der Waals surface area contributed by atoms with Crippen LogP contribution in [-0.4, -0.2) is 11.5 Å². The van der Waals surface area contributed by atoms with E-state index in [1.807, 2.05) is 18.5 Å². The number of rotatable bonds is 1. The van der Waals surface area contributed by atoms with E-state index < -0.39 is 0 Å². The van der Waals surface area contributed by atoms with Gasteiger partial charge < -0.3 is 5.32 Å². The Morgan fingerprint density at radius 1 is 1.12 bits per heavy atom. The lowest BCUT2D eigenvalue weighted by atomic mass is 9.94. The monoisotopic (exact) mass is 210 g/mol. The first-order valence-corrected chi connectivity index (χ1v) is 5.71. The highest BCUT2D eigenvalue weighted by atomic mass is 14.9. The van der Waals surface area contributed by atoms with Gasteiger partial charge in [-0.05, 0) is 36.1 Å². The summed E-state index contributed by atoms with van der Waals surface area (Å²) in [5, 5.41) is 3.45. The summed E-state index contributed by atoms with van der Waals surface area (Å²) in [6.07, 6.45) is 6.12. The lowest BCUT2D eigenvalue weighted by Gasteiger charge is -2.20. The summed E-state index contributed by atoms with van der Waals surface area (Å²) in [7, 11) is 0. The second-order valence-corrected chi connectivity index (χ2v) is 4.10. The minimum absolute atomic E-state index is 1.09. The number of hydrogen-bond donors (Lipinski definition) is 1. The van der Waals surface area contributed by atoms with Crippen molar-refractivity contribution < 1.29 is 0 Å². The first-order valence-electron chi connectivity index (χ1n) is 5.71. The van der Waals surface area contributed by atoms with Crippen LogP contribution in [0.3, 0.4) is 0 Å². The maximum absolute atomic E-state index is 4.19. The smallest absolute Gasteiger partial charge is 0.0378 e. The minimum atomic E-state index is 1.09. The third kappa shape index (κ3) is 1.56. The maximum atomic E-state index is 4.19. The Labute approximate surface area is 95.3 Å². The van der Waals surface area contributed by atoms with Crippen molar-refractivity contribution in [3.05, 3.63) is 48.3 Å². The molecule has 0 bridgehead atoms. The molecule has 1 aromatic carbocycles. The van der Waals surface area contributed by atoms with Crippen molar-refractivity contribution in [2.24, 2.45) is 0 Å². The Balaban J connectivity index is 2.14. The van der Waals surface area contributed by atoms with Crippen LogP contribution < -0.4 is 5.32 Å². The summed E-state index contributed by atoms with van der Waals surface area (Å²) in [4.78, 5) is 4.19. The van der Waals surface area contributed by atoms with Gasteiger partial charge in [0.15, 0.2) is 0 Å². The van der Waals surface area contributed by atoms with Crippen LogP contribution >= 0.6 is 0 Å². The van der Waals surface area contributed by atoms with Crippen LogP contribution in [0, 0.1) is 0 Å². The normalized spacial score (nSPS) is 14.0. The average Bonchev–Trinajstić information content (AvgIpc) is 2.39. The Bertz CT molecular complexity index is 491. The number of nitrogens with one attached hydrogen (secondary N) is 1. The van der Waals surface area contributed by atoms with Crippen LogP contribution in [0.4, 0.5) is 5.69 Å². The summed E-state index contributed by atoms with van der Waals surface area (Å²) >= 11 is 0. The molecule has 0 radical (unpaired) electrons. The molecule has 2 heteroatoms. The fourth-order valence-electron chi connectivity index (χ4n) is 2.30. The van der Waals surface area contributed by atoms with E-state index in [0.29, 0.717) is 0 Å². The molecule has 1 aliphatic rings. The lowest BCUT2D eigenvalue weighted by molar-refractivity contribution is 0.832. The molecular weight excluding hydrogens is 196 g/mol. The molecule has 2 aromatic rings. The number of anilines is 1. The van der Waals surface area contributed by atoms with E-state index in [0.717, 1.165) is 13.0 Å². The Hall–Kier alpha value is -1.83. The Morgan fingerprint density at radius 2 is 2.12 bits per heavy atom. The summed E-state index contributed by atoms with van der Waals surface area (Å²) < 4.78 is 0. The highest BCUT2D eigenvalue weighted by molar-refractivity contribution is 5.74. The molecule has 0 amide bonds. The van der Waals surface area contributed by atoms with Gasteiger partial charge in [0.2, 0.25) is 0 Å². The molecule has 0 saturated carbocycles. The second-order valence-electron chi connectivity index (χ2n) is 4.10. The van der Waals surface area contributed by atoms with Crippen molar-refractivity contribution in [2.75, 3.05) is 11.9 Å². The van der Waals surface area contributed by atoms with Crippen LogP contribution in [0.15, 0.2) is 42.7 Å². The average molecular weight is 210 g/mol. The van der Waals surface area contributed by atoms with E-state index in [-0.39, 0.29) is 0 Å². The zero-order chi connectivity index (χ0) is 10.8. The van der Waals surface area contributed by atoms with Crippen molar-refractivity contribution in [1.29, 1.82) is 0 Å². The van der Waals surface area contributed by atoms with Gasteiger partial charge in [-0.15, -0.1) is 0 Å². The molecule has 2 heterocycles. The highest BCUT2D eigenvalue weighted by Crippen LogP contribution is 2.31. The largest absolute Gasteiger partial charge is 0.385 e. The van der Waals surface area contributed by atoms with Gasteiger partial charge in [-0.25, -0.2) is 0 Å². The molecule has 80 valence electrons. The van der Waals surface area contributed by atoms with Gasteiger partial charge in [0.25, 0.3) is 0 Å². The summed E-state index contributed by atoms with van der Waals surface area (Å²) in [6, 6.07) is 10.6. The molecule has 0 unspecified atom stereocenters. The van der Waals surface area contributed by atoms with Crippen LogP contribution in [0.1, 0.15) is 12.0 Å². The van der Waals surface area contributed by atoms with Crippen molar-refractivity contribution in [2.45, 2.75) is 12.8 Å². The van der Waals surface area contributed by atoms with E-state index in [4.69, 9.17) is 0 Å². The van der Waals surface area contributed by atoms with Crippen molar-refractivity contribution in [3.8, 4) is 11.1 Å². The van der Waals surface area contributed by atoms with Crippen molar-refractivity contribution in [3.63, 3.8) is 0 Å². The standard InChI is InChI=1S/C14H14N2/c1-5-12(11-4-2-8-15-10-11)13-6-3-9-16-14(13)7-1/h1-2,4-5,7-8,10,16H,3,6,9H2. The molecule has 2 nitrogen and oxygen atoms in total. The van der Waals surface area contributed by atoms with Gasteiger partial charge in [-0.2, -0.15) is 0 Å². The maximum Gasteiger partial charge on any atom is 0.0378 e. The number of hydrogen-bond acceptors (Lipinski definition) is 2. The molecule has 0 saturated heterocycles. The first-order chi connectivity index (χ1) is 7.95. The van der Waals surface area contributed by atoms with Crippen molar-refractivity contribution in [1.82, 2.24) is 4.98 Å². The second kappa shape index (κ2) is 3.97. The zero-order valence-corrected chi connectivity index (χ0v) is 9.11. The van der Waals surface area contributed by atoms with E-state index in [9.17, 15) is 0 Å². The SMILES string of the molecule is c1cncc(-c2cccc3c2CCCN3)c1. The van der Waals surface area contributed by atoms with E-state index in [2.05, 4.69) is 34.6 Å². The molecular formula is C14H14N2. The number of benzene rings is 1. The quantitative estimate of drug-likeness (QED) is 0.782. The molecule has 0 spiro atoms. The molecule has 3 rings (SSSR count). The van der Waals surface area contributed by atoms with E-state index in [1.165, 1.54) is 28.8 Å². The van der Waals surface area contributed by atoms with Gasteiger partial charge in [-0.3, -0.25) is 4.98 Å². The van der Waals surface area contributed by atoms with Gasteiger partial charge in [0.05, 0.1) is 0 Å². The van der Waals surface area contributed by atoms with Gasteiger partial charge in [0, 0.05) is 30.2 Å². The molecule has 0 fully saturated rings. The van der Waals surface area contributed by atoms with Crippen molar-refractivity contribution >= 4 is 5.69 Å². The van der Waals surface area contributed by atoms with Crippen LogP contribution in [0.25, 0.3) is 11.1 Å². The molecule has 1 aromatic heterocycles. The zero-order valence-electron chi connectivity index (χ0n) is 9.11. The van der Waals surface area contributed by atoms with E-state index >= 15 is 0 Å².